The molecule has 0 rings (SSSR count). The molecule has 1 N–H and O–H groups in total. The minimum atomic E-state index is -1.05. The first kappa shape index (κ1) is 10.6. The smallest absolute Gasteiger partial charge is 0.246 e. The van der Waals surface area contributed by atoms with Gasteiger partial charge in [-0.2, -0.15) is 0 Å². The predicted molar refractivity (Wildman–Crippen MR) is 43.9 cm³/mol. The van der Waals surface area contributed by atoms with E-state index in [1.165, 1.54) is 6.29 Å². The minimum Gasteiger partial charge on any atom is -0.371 e. The number of hydrogen-bond donors (Lipinski definition) is 1. The van der Waals surface area contributed by atoms with E-state index in [0.717, 1.165) is 25.8 Å². The van der Waals surface area contributed by atoms with Crippen molar-refractivity contribution in [3.63, 3.8) is 0 Å². The number of aliphatic hydroxyl groups excluding tert-OH is 1. The van der Waals surface area contributed by atoms with Crippen LogP contribution >= 0.6 is 0 Å². The Morgan fingerprint density at radius 1 is 1.55 bits per heavy atom. The van der Waals surface area contributed by atoms with E-state index in [2.05, 4.69) is 6.92 Å². The summed E-state index contributed by atoms with van der Waals surface area (Å²) in [7, 11) is 1.71. The molecule has 0 spiro atoms. The quantitative estimate of drug-likeness (QED) is 0.453. The highest BCUT2D eigenvalue weighted by Crippen LogP contribution is 1.97. The van der Waals surface area contributed by atoms with E-state index in [4.69, 9.17) is 5.11 Å². The number of likely N-dealkylation sites (N-methyl/N-ethyl adjacent to an activating group) is 1. The van der Waals surface area contributed by atoms with Crippen molar-refractivity contribution in [3.8, 4) is 0 Å². The van der Waals surface area contributed by atoms with Gasteiger partial charge >= 0.3 is 0 Å². The van der Waals surface area contributed by atoms with Crippen LogP contribution in [0.4, 0.5) is 0 Å². The van der Waals surface area contributed by atoms with E-state index in [1.807, 2.05) is 0 Å². The largest absolute Gasteiger partial charge is 0.371 e. The van der Waals surface area contributed by atoms with Gasteiger partial charge in [0.2, 0.25) is 6.29 Å². The molecule has 0 fully saturated rings. The van der Waals surface area contributed by atoms with Crippen LogP contribution < -0.4 is 0 Å². The molecule has 0 saturated heterocycles. The average molecular weight is 158 g/mol. The van der Waals surface area contributed by atoms with Gasteiger partial charge < -0.3 is 5.11 Å². The number of hydrogen-bond acceptors (Lipinski definition) is 3. The number of unbranched alkanes of at least 4 members (excludes halogenated alkanes) is 2. The molecule has 0 heterocycles. The molecular weight excluding hydrogens is 142 g/mol. The van der Waals surface area contributed by atoms with Crippen molar-refractivity contribution < 1.29 is 9.90 Å². The Labute approximate surface area is 68.0 Å². The molecule has 0 amide bonds. The van der Waals surface area contributed by atoms with Crippen LogP contribution in [0.25, 0.3) is 0 Å². The molecule has 0 aromatic carbocycles. The zero-order chi connectivity index (χ0) is 8.69. The van der Waals surface area contributed by atoms with Gasteiger partial charge in [-0.1, -0.05) is 19.8 Å². The van der Waals surface area contributed by atoms with Crippen molar-refractivity contribution in [2.24, 2.45) is 0 Å². The van der Waals surface area contributed by atoms with Gasteiger partial charge in [-0.05, 0) is 13.5 Å². The van der Waals surface area contributed by atoms with Gasteiger partial charge in [0.15, 0.2) is 6.23 Å². The summed E-state index contributed by atoms with van der Waals surface area (Å²) in [6.45, 7) is 2.87. The maximum atomic E-state index is 9.96. The molecular formula is C8H16NO2. The third-order valence-corrected chi connectivity index (χ3v) is 1.64. The molecule has 3 nitrogen and oxygen atoms in total. The van der Waals surface area contributed by atoms with Crippen LogP contribution in [0.1, 0.15) is 26.2 Å². The average Bonchev–Trinajstić information content (AvgIpc) is 2.03. The van der Waals surface area contributed by atoms with E-state index in [0.29, 0.717) is 0 Å². The minimum absolute atomic E-state index is 0.754. The van der Waals surface area contributed by atoms with Crippen LogP contribution in [0.15, 0.2) is 0 Å². The first-order valence-corrected chi connectivity index (χ1v) is 3.98. The van der Waals surface area contributed by atoms with Crippen LogP contribution in [-0.4, -0.2) is 36.1 Å². The second-order valence-corrected chi connectivity index (χ2v) is 2.68. The number of carbonyl (C=O) groups excluding carboxylic acids is 1. The van der Waals surface area contributed by atoms with Gasteiger partial charge in [0.1, 0.15) is 0 Å². The molecule has 1 atom stereocenters. The monoisotopic (exact) mass is 158 g/mol. The Bertz CT molecular complexity index is 106. The molecule has 0 aliphatic heterocycles. The van der Waals surface area contributed by atoms with Crippen LogP contribution in [0, 0.1) is 0 Å². The fraction of sp³-hybridized carbons (Fsp3) is 0.875. The summed E-state index contributed by atoms with van der Waals surface area (Å²) in [4.78, 5) is 11.5. The summed E-state index contributed by atoms with van der Waals surface area (Å²) < 4.78 is 0. The Hall–Kier alpha value is -0.410. The van der Waals surface area contributed by atoms with Crippen LogP contribution in [0.3, 0.4) is 0 Å². The van der Waals surface area contributed by atoms with Crippen molar-refractivity contribution in [2.45, 2.75) is 32.4 Å². The van der Waals surface area contributed by atoms with Gasteiger partial charge in [0, 0.05) is 6.54 Å². The van der Waals surface area contributed by atoms with E-state index >= 15 is 0 Å². The van der Waals surface area contributed by atoms with E-state index in [1.54, 1.807) is 11.9 Å². The third-order valence-electron chi connectivity index (χ3n) is 1.64. The normalized spacial score (nSPS) is 13.5. The zero-order valence-electron chi connectivity index (χ0n) is 7.21. The molecule has 0 aliphatic rings. The summed E-state index contributed by atoms with van der Waals surface area (Å²) in [5.74, 6) is 0. The number of aliphatic hydroxyl groups is 1. The van der Waals surface area contributed by atoms with Crippen molar-refractivity contribution in [1.29, 1.82) is 0 Å². The molecule has 0 bridgehead atoms. The molecule has 1 radical (unpaired) electrons. The second-order valence-electron chi connectivity index (χ2n) is 2.68. The van der Waals surface area contributed by atoms with Gasteiger partial charge in [0.25, 0.3) is 0 Å². The predicted octanol–water partition coefficient (Wildman–Crippen LogP) is 0.536. The Balaban J connectivity index is 3.35. The van der Waals surface area contributed by atoms with Crippen LogP contribution in [-0.2, 0) is 4.79 Å². The summed E-state index contributed by atoms with van der Waals surface area (Å²) in [6.07, 6.45) is 3.78. The molecule has 1 unspecified atom stereocenters. The fourth-order valence-corrected chi connectivity index (χ4v) is 0.823. The molecule has 3 heteroatoms. The highest BCUT2D eigenvalue weighted by Gasteiger charge is 2.08. The third kappa shape index (κ3) is 4.93. The molecule has 0 aromatic rings. The van der Waals surface area contributed by atoms with Gasteiger partial charge in [-0.3, -0.25) is 9.69 Å². The lowest BCUT2D eigenvalue weighted by Crippen LogP contribution is -2.33. The highest BCUT2D eigenvalue weighted by atomic mass is 16.3. The van der Waals surface area contributed by atoms with E-state index in [-0.39, 0.29) is 0 Å². The molecule has 65 valence electrons. The van der Waals surface area contributed by atoms with E-state index < -0.39 is 6.23 Å². The lowest BCUT2D eigenvalue weighted by Gasteiger charge is -2.17. The highest BCUT2D eigenvalue weighted by molar-refractivity contribution is 5.55. The van der Waals surface area contributed by atoms with Crippen molar-refractivity contribution in [3.05, 3.63) is 0 Å². The maximum absolute atomic E-state index is 9.96. The van der Waals surface area contributed by atoms with Crippen LogP contribution in [0.5, 0.6) is 0 Å². The second kappa shape index (κ2) is 6.31. The standard InChI is InChI=1S/C8H16NO2/c1-3-4-5-6-9(2)8(11)7-10/h8,11H,3-6H2,1-2H3. The van der Waals surface area contributed by atoms with Gasteiger partial charge in [-0.25, -0.2) is 0 Å². The number of rotatable bonds is 6. The summed E-state index contributed by atoms with van der Waals surface area (Å²) >= 11 is 0. The van der Waals surface area contributed by atoms with Crippen molar-refractivity contribution in [2.75, 3.05) is 13.6 Å². The van der Waals surface area contributed by atoms with Crippen LogP contribution in [0.2, 0.25) is 0 Å². The Morgan fingerprint density at radius 3 is 2.64 bits per heavy atom. The maximum Gasteiger partial charge on any atom is 0.246 e. The lowest BCUT2D eigenvalue weighted by molar-refractivity contribution is 0.0754. The zero-order valence-corrected chi connectivity index (χ0v) is 7.21. The van der Waals surface area contributed by atoms with E-state index in [9.17, 15) is 4.79 Å². The lowest BCUT2D eigenvalue weighted by atomic mass is 10.2. The van der Waals surface area contributed by atoms with Crippen molar-refractivity contribution >= 4 is 6.29 Å². The molecule has 0 aromatic heterocycles. The number of nitrogens with zero attached hydrogens (tertiary/aromatic N) is 1. The topological polar surface area (TPSA) is 40.5 Å². The Kier molecular flexibility index (Phi) is 6.07. The first-order chi connectivity index (χ1) is 5.22. The van der Waals surface area contributed by atoms with Gasteiger partial charge in [-0.15, -0.1) is 0 Å². The fourth-order valence-electron chi connectivity index (χ4n) is 0.823. The summed E-state index contributed by atoms with van der Waals surface area (Å²) in [6, 6.07) is 0. The van der Waals surface area contributed by atoms with Gasteiger partial charge in [0.05, 0.1) is 0 Å². The summed E-state index contributed by atoms with van der Waals surface area (Å²) in [5.41, 5.74) is 0. The molecule has 0 aliphatic carbocycles. The Morgan fingerprint density at radius 2 is 2.18 bits per heavy atom. The van der Waals surface area contributed by atoms with Crippen molar-refractivity contribution in [1.82, 2.24) is 4.90 Å². The first-order valence-electron chi connectivity index (χ1n) is 3.98. The molecule has 11 heavy (non-hydrogen) atoms. The summed E-state index contributed by atoms with van der Waals surface area (Å²) in [5, 5.41) is 8.93. The molecule has 0 saturated carbocycles. The SMILES string of the molecule is CCCCCN(C)C(O)[C]=O.